The zero-order chi connectivity index (χ0) is 16.2. The molecule has 2 heterocycles. The Morgan fingerprint density at radius 2 is 2.13 bits per heavy atom. The van der Waals surface area contributed by atoms with Crippen molar-refractivity contribution in [1.29, 1.82) is 0 Å². The first-order chi connectivity index (χ1) is 11.1. The van der Waals surface area contributed by atoms with Crippen LogP contribution in [0.4, 0.5) is 4.79 Å². The first-order valence-electron chi connectivity index (χ1n) is 7.33. The van der Waals surface area contributed by atoms with Gasteiger partial charge in [-0.05, 0) is 18.1 Å². The van der Waals surface area contributed by atoms with Gasteiger partial charge in [0.15, 0.2) is 6.61 Å². The molecule has 0 saturated carbocycles. The Labute approximate surface area is 132 Å². The number of aryl methyl sites for hydroxylation is 1. The van der Waals surface area contributed by atoms with E-state index in [1.54, 1.807) is 0 Å². The predicted molar refractivity (Wildman–Crippen MR) is 80.6 cm³/mol. The third kappa shape index (κ3) is 3.33. The second kappa shape index (κ2) is 6.51. The van der Waals surface area contributed by atoms with E-state index >= 15 is 0 Å². The molecule has 1 aromatic carbocycles. The summed E-state index contributed by atoms with van der Waals surface area (Å²) in [5.74, 6) is -1.04. The number of hydrogen-bond acceptors (Lipinski definition) is 5. The molecular weight excluding hydrogens is 300 g/mol. The van der Waals surface area contributed by atoms with Gasteiger partial charge >= 0.3 is 12.1 Å². The Kier molecular flexibility index (Phi) is 4.27. The molecule has 0 radical (unpaired) electrons. The summed E-state index contributed by atoms with van der Waals surface area (Å²) in [5.41, 5.74) is 2.03. The molecule has 1 fully saturated rings. The number of hydrogen-bond donors (Lipinski definition) is 1. The summed E-state index contributed by atoms with van der Waals surface area (Å²) in [6, 6.07) is 7.82. The number of esters is 1. The van der Waals surface area contributed by atoms with E-state index in [9.17, 15) is 14.4 Å². The van der Waals surface area contributed by atoms with Gasteiger partial charge in [0.2, 0.25) is 0 Å². The summed E-state index contributed by atoms with van der Waals surface area (Å²) in [7, 11) is 0. The quantitative estimate of drug-likeness (QED) is 0.847. The van der Waals surface area contributed by atoms with E-state index in [4.69, 9.17) is 4.74 Å². The first-order valence-corrected chi connectivity index (χ1v) is 7.33. The van der Waals surface area contributed by atoms with Crippen LogP contribution in [-0.4, -0.2) is 47.6 Å². The van der Waals surface area contributed by atoms with E-state index < -0.39 is 24.6 Å². The Balaban J connectivity index is 1.48. The number of amides is 2. The van der Waals surface area contributed by atoms with Crippen molar-refractivity contribution in [3.8, 4) is 0 Å². The smallest absolute Gasteiger partial charge is 0.416 e. The summed E-state index contributed by atoms with van der Waals surface area (Å²) in [6.07, 6.45) is 1.86. The number of ether oxygens (including phenoxy) is 2. The van der Waals surface area contributed by atoms with Crippen LogP contribution in [0.1, 0.15) is 12.0 Å². The van der Waals surface area contributed by atoms with Crippen LogP contribution in [0, 0.1) is 0 Å². The van der Waals surface area contributed by atoms with Crippen molar-refractivity contribution in [2.24, 2.45) is 0 Å². The largest absolute Gasteiger partial charge is 0.456 e. The number of nitrogens with zero attached hydrogens (tertiary/aromatic N) is 1. The zero-order valence-corrected chi connectivity index (χ0v) is 12.4. The van der Waals surface area contributed by atoms with E-state index in [1.807, 2.05) is 30.5 Å². The number of benzene rings is 1. The van der Waals surface area contributed by atoms with Gasteiger partial charge in [-0.15, -0.1) is 0 Å². The van der Waals surface area contributed by atoms with Crippen LogP contribution in [0.15, 0.2) is 30.5 Å². The number of rotatable bonds is 5. The highest BCUT2D eigenvalue weighted by atomic mass is 16.6. The van der Waals surface area contributed by atoms with Crippen LogP contribution in [0.5, 0.6) is 0 Å². The summed E-state index contributed by atoms with van der Waals surface area (Å²) in [6.45, 7) is -0.0640. The molecule has 7 nitrogen and oxygen atoms in total. The van der Waals surface area contributed by atoms with Crippen molar-refractivity contribution in [2.45, 2.75) is 12.8 Å². The lowest BCUT2D eigenvalue weighted by molar-refractivity contribution is -0.150. The Bertz CT molecular complexity index is 752. The minimum absolute atomic E-state index is 0.166. The van der Waals surface area contributed by atoms with Crippen LogP contribution in [-0.2, 0) is 25.5 Å². The standard InChI is InChI=1S/C16H16N2O5/c19-14(18-7-8-22-16(18)21)10-23-15(20)6-5-11-9-17-13-4-2-1-3-12(11)13/h1-4,9,17H,5-8,10H2. The fourth-order valence-electron chi connectivity index (χ4n) is 2.49. The number of cyclic esters (lactones) is 1. The third-order valence-corrected chi connectivity index (χ3v) is 3.69. The summed E-state index contributed by atoms with van der Waals surface area (Å²) in [4.78, 5) is 38.7. The number of para-hydroxylation sites is 1. The second-order valence-electron chi connectivity index (χ2n) is 5.18. The number of aromatic amines is 1. The zero-order valence-electron chi connectivity index (χ0n) is 12.4. The van der Waals surface area contributed by atoms with Crippen LogP contribution >= 0.6 is 0 Å². The number of imide groups is 1. The summed E-state index contributed by atoms with van der Waals surface area (Å²) < 4.78 is 9.58. The van der Waals surface area contributed by atoms with Gasteiger partial charge in [0.25, 0.3) is 5.91 Å². The average Bonchev–Trinajstić information content (AvgIpc) is 3.17. The topological polar surface area (TPSA) is 88.7 Å². The van der Waals surface area contributed by atoms with Gasteiger partial charge < -0.3 is 14.5 Å². The van der Waals surface area contributed by atoms with E-state index in [0.29, 0.717) is 6.42 Å². The maximum absolute atomic E-state index is 11.8. The number of aromatic nitrogens is 1. The van der Waals surface area contributed by atoms with Crippen molar-refractivity contribution in [3.05, 3.63) is 36.0 Å². The van der Waals surface area contributed by atoms with Gasteiger partial charge in [-0.1, -0.05) is 18.2 Å². The lowest BCUT2D eigenvalue weighted by Gasteiger charge is -2.10. The van der Waals surface area contributed by atoms with E-state index in [-0.39, 0.29) is 19.6 Å². The molecule has 2 aromatic rings. The summed E-state index contributed by atoms with van der Waals surface area (Å²) in [5, 5.41) is 1.07. The van der Waals surface area contributed by atoms with Gasteiger partial charge in [0.05, 0.1) is 6.54 Å². The Morgan fingerprint density at radius 1 is 1.30 bits per heavy atom. The van der Waals surface area contributed by atoms with Crippen molar-refractivity contribution in [1.82, 2.24) is 9.88 Å². The maximum Gasteiger partial charge on any atom is 0.416 e. The predicted octanol–water partition coefficient (Wildman–Crippen LogP) is 1.62. The number of nitrogens with one attached hydrogen (secondary N) is 1. The van der Waals surface area contributed by atoms with E-state index in [2.05, 4.69) is 9.72 Å². The molecule has 3 rings (SSSR count). The first kappa shape index (κ1) is 15.1. The van der Waals surface area contributed by atoms with Gasteiger partial charge in [-0.25, -0.2) is 9.69 Å². The SMILES string of the molecule is O=C(CCc1c[nH]c2ccccc12)OCC(=O)N1CCOC1=O. The number of carbonyl (C=O) groups excluding carboxylic acids is 3. The molecule has 0 atom stereocenters. The van der Waals surface area contributed by atoms with Gasteiger partial charge in [0, 0.05) is 23.5 Å². The Hall–Kier alpha value is -2.83. The van der Waals surface area contributed by atoms with Gasteiger partial charge in [-0.2, -0.15) is 0 Å². The molecule has 0 spiro atoms. The molecule has 7 heteroatoms. The van der Waals surface area contributed by atoms with Crippen molar-refractivity contribution in [2.75, 3.05) is 19.8 Å². The lowest BCUT2D eigenvalue weighted by atomic mass is 10.1. The number of H-pyrrole nitrogens is 1. The molecular formula is C16H16N2O5. The summed E-state index contributed by atoms with van der Waals surface area (Å²) >= 11 is 0. The lowest BCUT2D eigenvalue weighted by Crippen LogP contribution is -2.35. The third-order valence-electron chi connectivity index (χ3n) is 3.69. The highest BCUT2D eigenvalue weighted by molar-refractivity contribution is 5.94. The van der Waals surface area contributed by atoms with E-state index in [1.165, 1.54) is 0 Å². The molecule has 0 aliphatic carbocycles. The fraction of sp³-hybridized carbons (Fsp3) is 0.312. The molecule has 2 amide bonds. The van der Waals surface area contributed by atoms with Crippen molar-refractivity contribution in [3.63, 3.8) is 0 Å². The van der Waals surface area contributed by atoms with Crippen LogP contribution in [0.3, 0.4) is 0 Å². The van der Waals surface area contributed by atoms with Crippen LogP contribution < -0.4 is 0 Å². The molecule has 0 bridgehead atoms. The van der Waals surface area contributed by atoms with Crippen molar-refractivity contribution < 1.29 is 23.9 Å². The molecule has 0 unspecified atom stereocenters. The monoisotopic (exact) mass is 316 g/mol. The highest BCUT2D eigenvalue weighted by Gasteiger charge is 2.28. The maximum atomic E-state index is 11.8. The van der Waals surface area contributed by atoms with E-state index in [0.717, 1.165) is 21.4 Å². The minimum atomic E-state index is -0.690. The van der Waals surface area contributed by atoms with Crippen LogP contribution in [0.25, 0.3) is 10.9 Å². The molecule has 1 aliphatic heterocycles. The minimum Gasteiger partial charge on any atom is -0.456 e. The van der Waals surface area contributed by atoms with Crippen molar-refractivity contribution >= 4 is 28.9 Å². The average molecular weight is 316 g/mol. The van der Waals surface area contributed by atoms with Gasteiger partial charge in [-0.3, -0.25) is 9.59 Å². The molecule has 1 aromatic heterocycles. The molecule has 1 saturated heterocycles. The molecule has 23 heavy (non-hydrogen) atoms. The molecule has 1 aliphatic rings. The molecule has 1 N–H and O–H groups in total. The van der Waals surface area contributed by atoms with Gasteiger partial charge in [0.1, 0.15) is 6.61 Å². The molecule has 120 valence electrons. The number of carbonyl (C=O) groups is 3. The second-order valence-corrected chi connectivity index (χ2v) is 5.18. The Morgan fingerprint density at radius 3 is 2.91 bits per heavy atom. The normalized spacial score (nSPS) is 14.1. The number of fused-ring (bicyclic) bond motifs is 1. The fourth-order valence-corrected chi connectivity index (χ4v) is 2.49. The van der Waals surface area contributed by atoms with Crippen LogP contribution in [0.2, 0.25) is 0 Å². The highest BCUT2D eigenvalue weighted by Crippen LogP contribution is 2.19.